The van der Waals surface area contributed by atoms with Gasteiger partial charge in [-0.15, -0.1) is 0 Å². The van der Waals surface area contributed by atoms with E-state index in [1.165, 1.54) is 38.1 Å². The number of rotatable bonds is 8. The number of nitrogens with one attached hydrogen (secondary N) is 3. The van der Waals surface area contributed by atoms with Gasteiger partial charge in [-0.3, -0.25) is 14.4 Å². The molecule has 172 valence electrons. The quantitative estimate of drug-likeness (QED) is 0.551. The summed E-state index contributed by atoms with van der Waals surface area (Å²) in [6, 6.07) is 4.63. The Kier molecular flexibility index (Phi) is 8.58. The van der Waals surface area contributed by atoms with E-state index < -0.39 is 22.0 Å². The van der Waals surface area contributed by atoms with Crippen LogP contribution in [0.25, 0.3) is 0 Å². The zero-order valence-electron chi connectivity index (χ0n) is 18.5. The standard InChI is InChI=1S/C21H32N4O5S/c1-14(2)13-20(27)25-11-9-18(10-12-25)23-21(28)15(3)24-31(29,30)19-7-5-17(6-8-19)22-16(4)26/h5-8,14-15,18,24H,9-13H2,1-4H3,(H,22,26)(H,23,28)/t15-/m0/s1. The Bertz CT molecular complexity index is 891. The second-order valence-electron chi connectivity index (χ2n) is 8.31. The number of carbonyl (C=O) groups is 3. The van der Waals surface area contributed by atoms with Crippen molar-refractivity contribution in [1.29, 1.82) is 0 Å². The molecule has 1 aliphatic rings. The van der Waals surface area contributed by atoms with Gasteiger partial charge in [0.05, 0.1) is 10.9 Å². The second-order valence-corrected chi connectivity index (χ2v) is 10.0. The maximum absolute atomic E-state index is 12.6. The highest BCUT2D eigenvalue weighted by atomic mass is 32.2. The molecule has 0 aliphatic carbocycles. The summed E-state index contributed by atoms with van der Waals surface area (Å²) in [4.78, 5) is 37.5. The summed E-state index contributed by atoms with van der Waals surface area (Å²) < 4.78 is 27.5. The first-order valence-electron chi connectivity index (χ1n) is 10.5. The smallest absolute Gasteiger partial charge is 0.241 e. The van der Waals surface area contributed by atoms with E-state index in [0.29, 0.717) is 44.0 Å². The maximum atomic E-state index is 12.6. The number of carbonyl (C=O) groups excluding carboxylic acids is 3. The van der Waals surface area contributed by atoms with E-state index in [1.54, 1.807) is 0 Å². The van der Waals surface area contributed by atoms with Gasteiger partial charge in [0.2, 0.25) is 27.7 Å². The van der Waals surface area contributed by atoms with Gasteiger partial charge in [-0.25, -0.2) is 8.42 Å². The highest BCUT2D eigenvalue weighted by Gasteiger charge is 2.27. The monoisotopic (exact) mass is 452 g/mol. The number of amides is 3. The molecule has 0 spiro atoms. The van der Waals surface area contributed by atoms with Gasteiger partial charge in [0.1, 0.15) is 0 Å². The first kappa shape index (κ1) is 24.8. The number of nitrogens with zero attached hydrogens (tertiary/aromatic N) is 1. The normalized spacial score (nSPS) is 16.1. The van der Waals surface area contributed by atoms with Crippen molar-refractivity contribution in [3.05, 3.63) is 24.3 Å². The van der Waals surface area contributed by atoms with Crippen molar-refractivity contribution < 1.29 is 22.8 Å². The van der Waals surface area contributed by atoms with Gasteiger partial charge >= 0.3 is 0 Å². The van der Waals surface area contributed by atoms with Gasteiger partial charge in [-0.05, 0) is 49.9 Å². The molecule has 0 bridgehead atoms. The van der Waals surface area contributed by atoms with Gasteiger partial charge in [0.25, 0.3) is 0 Å². The summed E-state index contributed by atoms with van der Waals surface area (Å²) in [7, 11) is -3.90. The highest BCUT2D eigenvalue weighted by molar-refractivity contribution is 7.89. The number of anilines is 1. The second kappa shape index (κ2) is 10.7. The largest absolute Gasteiger partial charge is 0.352 e. The lowest BCUT2D eigenvalue weighted by Crippen LogP contribution is -2.51. The van der Waals surface area contributed by atoms with Crippen LogP contribution in [0.1, 0.15) is 47.0 Å². The minimum atomic E-state index is -3.90. The molecule has 1 fully saturated rings. The Balaban J connectivity index is 1.86. The van der Waals surface area contributed by atoms with E-state index in [-0.39, 0.29) is 22.8 Å². The van der Waals surface area contributed by atoms with E-state index in [4.69, 9.17) is 0 Å². The lowest BCUT2D eigenvalue weighted by Gasteiger charge is -2.33. The van der Waals surface area contributed by atoms with Crippen molar-refractivity contribution in [1.82, 2.24) is 14.9 Å². The van der Waals surface area contributed by atoms with Crippen LogP contribution < -0.4 is 15.4 Å². The molecule has 1 heterocycles. The summed E-state index contributed by atoms with van der Waals surface area (Å²) in [5.74, 6) is -0.231. The van der Waals surface area contributed by atoms with Crippen LogP contribution in [0, 0.1) is 5.92 Å². The number of piperidine rings is 1. The fourth-order valence-electron chi connectivity index (χ4n) is 3.35. The molecular weight excluding hydrogens is 420 g/mol. The van der Waals surface area contributed by atoms with E-state index >= 15 is 0 Å². The summed E-state index contributed by atoms with van der Waals surface area (Å²) in [5, 5.41) is 5.44. The molecular formula is C21H32N4O5S. The third kappa shape index (κ3) is 7.62. The van der Waals surface area contributed by atoms with Crippen molar-refractivity contribution >= 4 is 33.4 Å². The average Bonchev–Trinajstić information content (AvgIpc) is 2.67. The number of hydrogen-bond acceptors (Lipinski definition) is 5. The number of hydrogen-bond donors (Lipinski definition) is 3. The molecule has 9 nitrogen and oxygen atoms in total. The lowest BCUT2D eigenvalue weighted by molar-refractivity contribution is -0.133. The Morgan fingerprint density at radius 2 is 1.65 bits per heavy atom. The van der Waals surface area contributed by atoms with E-state index in [9.17, 15) is 22.8 Å². The Morgan fingerprint density at radius 3 is 2.16 bits per heavy atom. The van der Waals surface area contributed by atoms with Gasteiger partial charge in [-0.2, -0.15) is 4.72 Å². The highest BCUT2D eigenvalue weighted by Crippen LogP contribution is 2.16. The molecule has 1 aromatic carbocycles. The number of benzene rings is 1. The van der Waals surface area contributed by atoms with Crippen molar-refractivity contribution in [2.24, 2.45) is 5.92 Å². The zero-order chi connectivity index (χ0) is 23.2. The first-order chi connectivity index (χ1) is 14.5. The average molecular weight is 453 g/mol. The molecule has 31 heavy (non-hydrogen) atoms. The third-order valence-electron chi connectivity index (χ3n) is 4.99. The van der Waals surface area contributed by atoms with Gasteiger partial charge in [0.15, 0.2) is 0 Å². The van der Waals surface area contributed by atoms with Gasteiger partial charge in [0, 0.05) is 38.2 Å². The summed E-state index contributed by atoms with van der Waals surface area (Å²) >= 11 is 0. The molecule has 1 saturated heterocycles. The third-order valence-corrected chi connectivity index (χ3v) is 6.54. The molecule has 3 N–H and O–H groups in total. The number of sulfonamides is 1. The van der Waals surface area contributed by atoms with Gasteiger partial charge < -0.3 is 15.5 Å². The van der Waals surface area contributed by atoms with Crippen LogP contribution in [-0.4, -0.2) is 56.2 Å². The maximum Gasteiger partial charge on any atom is 0.241 e. The Morgan fingerprint density at radius 1 is 1.06 bits per heavy atom. The summed E-state index contributed by atoms with van der Waals surface area (Å²) in [6.45, 7) is 8.02. The fourth-order valence-corrected chi connectivity index (χ4v) is 4.56. The minimum Gasteiger partial charge on any atom is -0.352 e. The lowest BCUT2D eigenvalue weighted by atomic mass is 10.0. The molecule has 0 radical (unpaired) electrons. The minimum absolute atomic E-state index is 0.00164. The van der Waals surface area contributed by atoms with E-state index in [2.05, 4.69) is 15.4 Å². The molecule has 0 saturated carbocycles. The van der Waals surface area contributed by atoms with Crippen LogP contribution in [0.3, 0.4) is 0 Å². The number of likely N-dealkylation sites (tertiary alicyclic amines) is 1. The predicted molar refractivity (Wildman–Crippen MR) is 118 cm³/mol. The SMILES string of the molecule is CC(=O)Nc1ccc(S(=O)(=O)N[C@@H](C)C(=O)NC2CCN(C(=O)CC(C)C)CC2)cc1. The van der Waals surface area contributed by atoms with E-state index in [0.717, 1.165) is 0 Å². The van der Waals surface area contributed by atoms with Crippen LogP contribution in [0.15, 0.2) is 29.2 Å². The summed E-state index contributed by atoms with van der Waals surface area (Å²) in [5.41, 5.74) is 0.482. The van der Waals surface area contributed by atoms with Crippen LogP contribution in [0.5, 0.6) is 0 Å². The topological polar surface area (TPSA) is 125 Å². The molecule has 0 unspecified atom stereocenters. The Labute approximate surface area is 184 Å². The van der Waals surface area contributed by atoms with Crippen LogP contribution in [-0.2, 0) is 24.4 Å². The van der Waals surface area contributed by atoms with Gasteiger partial charge in [-0.1, -0.05) is 13.8 Å². The van der Waals surface area contributed by atoms with Crippen molar-refractivity contribution in [2.75, 3.05) is 18.4 Å². The summed E-state index contributed by atoms with van der Waals surface area (Å²) in [6.07, 6.45) is 1.79. The van der Waals surface area contributed by atoms with Crippen molar-refractivity contribution in [3.63, 3.8) is 0 Å². The van der Waals surface area contributed by atoms with Crippen LogP contribution in [0.4, 0.5) is 5.69 Å². The molecule has 1 aromatic rings. The molecule has 0 aromatic heterocycles. The predicted octanol–water partition coefficient (Wildman–Crippen LogP) is 1.47. The van der Waals surface area contributed by atoms with Crippen molar-refractivity contribution in [3.8, 4) is 0 Å². The van der Waals surface area contributed by atoms with Crippen molar-refractivity contribution in [2.45, 2.75) is 63.9 Å². The van der Waals surface area contributed by atoms with Crippen LogP contribution in [0.2, 0.25) is 0 Å². The zero-order valence-corrected chi connectivity index (χ0v) is 19.3. The fraction of sp³-hybridized carbons (Fsp3) is 0.571. The van der Waals surface area contributed by atoms with E-state index in [1.807, 2.05) is 18.7 Å². The van der Waals surface area contributed by atoms with Crippen LogP contribution >= 0.6 is 0 Å². The molecule has 3 amide bonds. The Hall–Kier alpha value is -2.46. The molecule has 1 aliphatic heterocycles. The molecule has 1 atom stereocenters. The molecule has 2 rings (SSSR count). The first-order valence-corrected chi connectivity index (χ1v) is 11.9. The molecule has 10 heteroatoms.